The molecule has 0 saturated heterocycles. The Labute approximate surface area is 257 Å². The highest BCUT2D eigenvalue weighted by Crippen LogP contribution is 2.40. The van der Waals surface area contributed by atoms with E-state index in [9.17, 15) is 9.90 Å². The van der Waals surface area contributed by atoms with Crippen molar-refractivity contribution in [3.63, 3.8) is 0 Å². The summed E-state index contributed by atoms with van der Waals surface area (Å²) in [6, 6.07) is 13.9. The highest BCUT2D eigenvalue weighted by atomic mass is 19.1. The lowest BCUT2D eigenvalue weighted by atomic mass is 9.89. The predicted octanol–water partition coefficient (Wildman–Crippen LogP) is 8.83. The number of pyridine rings is 1. The number of carbonyl (C=O) groups is 1. The van der Waals surface area contributed by atoms with Crippen molar-refractivity contribution in [1.29, 1.82) is 0 Å². The van der Waals surface area contributed by atoms with E-state index in [4.69, 9.17) is 9.47 Å². The number of nitrogens with zero attached hydrogens (tertiary/aromatic N) is 2. The minimum Gasteiger partial charge on any atom is -0.485 e. The van der Waals surface area contributed by atoms with Crippen LogP contribution in [0.3, 0.4) is 0 Å². The number of methoxy groups -OCH3 is 1. The van der Waals surface area contributed by atoms with Gasteiger partial charge in [0.1, 0.15) is 17.7 Å². The standard InChI is InChI=1S/C31H37FN2O4.C3H6.C2H6/c1-6-34(7-2)20(4)25-16-23(10-12-24(25)26-17-30(37-5)33-18-27(26)32)28-13-11-22-9-8-21(15-29(22)38-28)14-19(3)31(35)36;1-2-3-1;1-2/h8-10,12,15-20,28H,6-7,11,13-14H2,1-5H3,(H,35,36);1-3H2;1-2H3/t19?,20?,28-;;/m0../s1. The summed E-state index contributed by atoms with van der Waals surface area (Å²) in [6.45, 7) is 13.9. The molecule has 1 saturated carbocycles. The number of ether oxygens (including phenoxy) is 2. The van der Waals surface area contributed by atoms with Crippen LogP contribution in [0.5, 0.6) is 11.6 Å². The minimum absolute atomic E-state index is 0.0542. The predicted molar refractivity (Wildman–Crippen MR) is 171 cm³/mol. The normalized spacial score (nSPS) is 16.3. The first kappa shape index (κ1) is 34.0. The fourth-order valence-corrected chi connectivity index (χ4v) is 5.29. The Morgan fingerprint density at radius 2 is 1.77 bits per heavy atom. The second-order valence-electron chi connectivity index (χ2n) is 11.0. The maximum atomic E-state index is 15.0. The van der Waals surface area contributed by atoms with Crippen LogP contribution in [0.2, 0.25) is 0 Å². The molecule has 1 aliphatic carbocycles. The fourth-order valence-electron chi connectivity index (χ4n) is 5.29. The molecule has 0 bridgehead atoms. The highest BCUT2D eigenvalue weighted by molar-refractivity contribution is 5.70. The number of rotatable bonds is 10. The largest absolute Gasteiger partial charge is 0.485 e. The van der Waals surface area contributed by atoms with Gasteiger partial charge in [0.15, 0.2) is 0 Å². The van der Waals surface area contributed by atoms with Crippen molar-refractivity contribution in [1.82, 2.24) is 9.88 Å². The van der Waals surface area contributed by atoms with Crippen molar-refractivity contribution < 1.29 is 23.8 Å². The molecule has 0 spiro atoms. The van der Waals surface area contributed by atoms with Crippen LogP contribution in [0.15, 0.2) is 48.7 Å². The molecule has 1 fully saturated rings. The topological polar surface area (TPSA) is 71.9 Å². The van der Waals surface area contributed by atoms with E-state index in [0.717, 1.165) is 59.5 Å². The van der Waals surface area contributed by atoms with Crippen LogP contribution in [-0.4, -0.2) is 41.2 Å². The number of hydrogen-bond donors (Lipinski definition) is 1. The Bertz CT molecular complexity index is 1340. The number of halogens is 1. The molecule has 5 rings (SSSR count). The summed E-state index contributed by atoms with van der Waals surface area (Å²) >= 11 is 0. The lowest BCUT2D eigenvalue weighted by molar-refractivity contribution is -0.141. The Balaban J connectivity index is 0.000000934. The van der Waals surface area contributed by atoms with Gasteiger partial charge in [-0.15, -0.1) is 0 Å². The average molecular weight is 593 g/mol. The van der Waals surface area contributed by atoms with Gasteiger partial charge in [0.05, 0.1) is 19.2 Å². The zero-order valence-electron chi connectivity index (χ0n) is 27.0. The zero-order valence-corrected chi connectivity index (χ0v) is 27.0. The van der Waals surface area contributed by atoms with E-state index in [1.165, 1.54) is 32.6 Å². The summed E-state index contributed by atoms with van der Waals surface area (Å²) in [7, 11) is 1.53. The van der Waals surface area contributed by atoms with E-state index in [2.05, 4.69) is 36.7 Å². The minimum atomic E-state index is -0.806. The molecule has 2 aromatic carbocycles. The zero-order chi connectivity index (χ0) is 31.5. The Hall–Kier alpha value is -3.45. The van der Waals surface area contributed by atoms with E-state index < -0.39 is 17.7 Å². The molecular weight excluding hydrogens is 543 g/mol. The van der Waals surface area contributed by atoms with Crippen molar-refractivity contribution in [3.8, 4) is 22.8 Å². The molecule has 6 nitrogen and oxygen atoms in total. The summed E-state index contributed by atoms with van der Waals surface area (Å²) in [4.78, 5) is 17.7. The molecule has 7 heteroatoms. The van der Waals surface area contributed by atoms with E-state index in [-0.39, 0.29) is 12.1 Å². The maximum Gasteiger partial charge on any atom is 0.306 e. The third-order valence-electron chi connectivity index (χ3n) is 7.98. The summed E-state index contributed by atoms with van der Waals surface area (Å²) in [6.07, 6.45) is 7.71. The average Bonchev–Trinajstić information content (AvgIpc) is 3.92. The third kappa shape index (κ3) is 9.02. The Kier molecular flexibility index (Phi) is 13.0. The highest BCUT2D eigenvalue weighted by Gasteiger charge is 2.26. The summed E-state index contributed by atoms with van der Waals surface area (Å²) in [5.74, 6) is -0.482. The van der Waals surface area contributed by atoms with Crippen LogP contribution >= 0.6 is 0 Å². The summed E-state index contributed by atoms with van der Waals surface area (Å²) in [5.41, 5.74) is 5.42. The molecule has 2 aliphatic rings. The quantitative estimate of drug-likeness (QED) is 0.254. The third-order valence-corrected chi connectivity index (χ3v) is 7.98. The number of carboxylic acid groups (broad SMARTS) is 1. The van der Waals surface area contributed by atoms with Crippen LogP contribution in [0.1, 0.15) is 102 Å². The molecule has 3 aromatic rings. The van der Waals surface area contributed by atoms with E-state index in [0.29, 0.717) is 17.9 Å². The van der Waals surface area contributed by atoms with E-state index in [1.54, 1.807) is 13.0 Å². The first-order valence-electron chi connectivity index (χ1n) is 15.8. The van der Waals surface area contributed by atoms with Gasteiger partial charge in [-0.3, -0.25) is 9.69 Å². The monoisotopic (exact) mass is 592 g/mol. The van der Waals surface area contributed by atoms with Gasteiger partial charge in [-0.25, -0.2) is 9.37 Å². The van der Waals surface area contributed by atoms with Gasteiger partial charge in [0.25, 0.3) is 0 Å². The molecule has 234 valence electrons. The van der Waals surface area contributed by atoms with Gasteiger partial charge < -0.3 is 14.6 Å². The van der Waals surface area contributed by atoms with Gasteiger partial charge in [0.2, 0.25) is 5.88 Å². The number of fused-ring (bicyclic) bond motifs is 1. The lowest BCUT2D eigenvalue weighted by Gasteiger charge is -2.31. The smallest absolute Gasteiger partial charge is 0.306 e. The first-order valence-corrected chi connectivity index (χ1v) is 15.8. The van der Waals surface area contributed by atoms with Crippen LogP contribution in [-0.2, 0) is 17.6 Å². The van der Waals surface area contributed by atoms with Crippen molar-refractivity contribution in [2.24, 2.45) is 5.92 Å². The molecular formula is C36H49FN2O4. The molecule has 0 radical (unpaired) electrons. The van der Waals surface area contributed by atoms with Crippen molar-refractivity contribution in [3.05, 3.63) is 76.7 Å². The number of carboxylic acids is 1. The molecule has 2 heterocycles. The molecule has 0 amide bonds. The molecule has 43 heavy (non-hydrogen) atoms. The van der Waals surface area contributed by atoms with Crippen molar-refractivity contribution in [2.75, 3.05) is 20.2 Å². The molecule has 2 unspecified atom stereocenters. The molecule has 1 N–H and O–H groups in total. The van der Waals surface area contributed by atoms with Crippen LogP contribution in [0.4, 0.5) is 4.39 Å². The van der Waals surface area contributed by atoms with Gasteiger partial charge >= 0.3 is 5.97 Å². The fraction of sp³-hybridized carbons (Fsp3) is 0.500. The second-order valence-corrected chi connectivity index (χ2v) is 11.0. The van der Waals surface area contributed by atoms with Crippen molar-refractivity contribution >= 4 is 5.97 Å². The number of benzene rings is 2. The molecule has 1 aromatic heterocycles. The van der Waals surface area contributed by atoms with E-state index in [1.807, 2.05) is 44.2 Å². The van der Waals surface area contributed by atoms with Crippen LogP contribution in [0, 0.1) is 11.7 Å². The molecule has 1 aliphatic heterocycles. The van der Waals surface area contributed by atoms with Crippen LogP contribution < -0.4 is 9.47 Å². The van der Waals surface area contributed by atoms with Crippen LogP contribution in [0.25, 0.3) is 11.1 Å². The molecule has 3 atom stereocenters. The second kappa shape index (κ2) is 16.4. The number of aromatic nitrogens is 1. The van der Waals surface area contributed by atoms with E-state index >= 15 is 4.39 Å². The summed E-state index contributed by atoms with van der Waals surface area (Å²) < 4.78 is 26.8. The number of aryl methyl sites for hydroxylation is 1. The van der Waals surface area contributed by atoms with Gasteiger partial charge in [-0.1, -0.05) is 78.1 Å². The SMILES string of the molecule is C1CC1.CC.CCN(CC)C(C)c1cc([C@@H]2CCc3ccc(CC(C)C(=O)O)cc3O2)ccc1-c1cc(OC)ncc1F. The van der Waals surface area contributed by atoms with Crippen molar-refractivity contribution in [2.45, 2.75) is 92.2 Å². The lowest BCUT2D eigenvalue weighted by Crippen LogP contribution is -2.27. The van der Waals surface area contributed by atoms with Gasteiger partial charge in [-0.2, -0.15) is 0 Å². The Morgan fingerprint density at radius 1 is 1.07 bits per heavy atom. The van der Waals surface area contributed by atoms with Gasteiger partial charge in [0, 0.05) is 17.7 Å². The number of hydrogen-bond acceptors (Lipinski definition) is 5. The van der Waals surface area contributed by atoms with Gasteiger partial charge in [-0.05, 0) is 79.2 Å². The maximum absolute atomic E-state index is 15.0. The summed E-state index contributed by atoms with van der Waals surface area (Å²) in [5, 5.41) is 9.30. The number of aliphatic carboxylic acids is 1. The first-order chi connectivity index (χ1) is 20.7. The Morgan fingerprint density at radius 3 is 2.37 bits per heavy atom.